The predicted octanol–water partition coefficient (Wildman–Crippen LogP) is 4.86. The van der Waals surface area contributed by atoms with Crippen LogP contribution in [0.5, 0.6) is 0 Å². The third-order valence-electron chi connectivity index (χ3n) is 6.38. The molecule has 1 aromatic rings. The molecular formula is C20H22Cl2O3. The summed E-state index contributed by atoms with van der Waals surface area (Å²) in [7, 11) is 0. The molecule has 0 atom stereocenters. The number of carbonyl (C=O) groups is 2. The third-order valence-corrected chi connectivity index (χ3v) is 7.09. The van der Waals surface area contributed by atoms with E-state index in [1.54, 1.807) is 18.2 Å². The molecule has 25 heavy (non-hydrogen) atoms. The van der Waals surface area contributed by atoms with Crippen molar-refractivity contribution < 1.29 is 14.3 Å². The van der Waals surface area contributed by atoms with Crippen molar-refractivity contribution in [3.63, 3.8) is 0 Å². The van der Waals surface area contributed by atoms with Crippen LogP contribution in [0.2, 0.25) is 10.0 Å². The van der Waals surface area contributed by atoms with Gasteiger partial charge in [0.1, 0.15) is 0 Å². The van der Waals surface area contributed by atoms with E-state index in [4.69, 9.17) is 27.9 Å². The second kappa shape index (κ2) is 6.59. The maximum atomic E-state index is 12.9. The van der Waals surface area contributed by atoms with Crippen LogP contribution >= 0.6 is 23.2 Å². The van der Waals surface area contributed by atoms with Crippen LogP contribution < -0.4 is 0 Å². The fraction of sp³-hybridized carbons (Fsp3) is 0.600. The normalized spacial score (nSPS) is 32.6. The highest BCUT2D eigenvalue weighted by Crippen LogP contribution is 2.60. The van der Waals surface area contributed by atoms with Gasteiger partial charge in [0, 0.05) is 21.0 Å². The molecule has 4 saturated carbocycles. The van der Waals surface area contributed by atoms with E-state index >= 15 is 0 Å². The zero-order chi connectivity index (χ0) is 17.6. The number of hydrogen-bond acceptors (Lipinski definition) is 3. The van der Waals surface area contributed by atoms with E-state index in [-0.39, 0.29) is 24.2 Å². The molecule has 3 nitrogen and oxygen atoms in total. The SMILES string of the molecule is O=C(Cc1c(Cl)cccc1Cl)OCC(=O)C12CC3CC(CC(C3)C1)C2. The molecule has 5 rings (SSSR count). The molecule has 4 aliphatic carbocycles. The predicted molar refractivity (Wildman–Crippen MR) is 96.7 cm³/mol. The second-order valence-corrected chi connectivity index (χ2v) is 8.97. The fourth-order valence-corrected chi connectivity index (χ4v) is 6.18. The number of carbonyl (C=O) groups excluding carboxylic acids is 2. The first-order valence-electron chi connectivity index (χ1n) is 9.07. The first-order valence-corrected chi connectivity index (χ1v) is 9.82. The fourth-order valence-electron chi connectivity index (χ4n) is 5.65. The van der Waals surface area contributed by atoms with Crippen LogP contribution in [-0.4, -0.2) is 18.4 Å². The number of ether oxygens (including phenoxy) is 1. The molecule has 0 heterocycles. The van der Waals surface area contributed by atoms with Crippen LogP contribution in [0.4, 0.5) is 0 Å². The minimum Gasteiger partial charge on any atom is -0.457 e. The van der Waals surface area contributed by atoms with Crippen LogP contribution in [0.3, 0.4) is 0 Å². The summed E-state index contributed by atoms with van der Waals surface area (Å²) in [5.41, 5.74) is 0.329. The van der Waals surface area contributed by atoms with Crippen molar-refractivity contribution in [2.24, 2.45) is 23.2 Å². The number of ketones is 1. The lowest BCUT2D eigenvalue weighted by Crippen LogP contribution is -2.51. The van der Waals surface area contributed by atoms with E-state index in [1.165, 1.54) is 19.3 Å². The number of benzene rings is 1. The molecule has 4 bridgehead atoms. The summed E-state index contributed by atoms with van der Waals surface area (Å²) < 4.78 is 5.30. The van der Waals surface area contributed by atoms with Crippen LogP contribution in [0, 0.1) is 23.2 Å². The molecule has 4 aliphatic rings. The van der Waals surface area contributed by atoms with Crippen molar-refractivity contribution in [3.05, 3.63) is 33.8 Å². The minimum absolute atomic E-state index is 0.00728. The van der Waals surface area contributed by atoms with Gasteiger partial charge in [0.2, 0.25) is 0 Å². The maximum absolute atomic E-state index is 12.9. The van der Waals surface area contributed by atoms with Gasteiger partial charge in [0.15, 0.2) is 12.4 Å². The largest absolute Gasteiger partial charge is 0.457 e. The summed E-state index contributed by atoms with van der Waals surface area (Å²) in [6.07, 6.45) is 6.84. The molecule has 5 heteroatoms. The van der Waals surface area contributed by atoms with Crippen molar-refractivity contribution in [3.8, 4) is 0 Å². The molecule has 0 radical (unpaired) electrons. The molecule has 0 amide bonds. The van der Waals surface area contributed by atoms with Crippen molar-refractivity contribution in [1.82, 2.24) is 0 Å². The van der Waals surface area contributed by atoms with Gasteiger partial charge >= 0.3 is 5.97 Å². The lowest BCUT2D eigenvalue weighted by Gasteiger charge is -2.55. The van der Waals surface area contributed by atoms with Gasteiger partial charge in [-0.05, 0) is 68.4 Å². The Kier molecular flexibility index (Phi) is 4.57. The molecule has 1 aromatic carbocycles. The summed E-state index contributed by atoms with van der Waals surface area (Å²) in [6.45, 7) is -0.118. The van der Waals surface area contributed by atoms with E-state index in [0.717, 1.165) is 19.3 Å². The smallest absolute Gasteiger partial charge is 0.310 e. The number of rotatable bonds is 5. The third kappa shape index (κ3) is 3.33. The van der Waals surface area contributed by atoms with Gasteiger partial charge in [-0.3, -0.25) is 9.59 Å². The number of halogens is 2. The Morgan fingerprint density at radius 3 is 2.04 bits per heavy atom. The highest BCUT2D eigenvalue weighted by molar-refractivity contribution is 6.36. The number of hydrogen-bond donors (Lipinski definition) is 0. The van der Waals surface area contributed by atoms with Crippen molar-refractivity contribution in [2.45, 2.75) is 44.9 Å². The van der Waals surface area contributed by atoms with Gasteiger partial charge < -0.3 is 4.74 Å². The summed E-state index contributed by atoms with van der Waals surface area (Å²) in [5.74, 6) is 1.77. The van der Waals surface area contributed by atoms with Gasteiger partial charge in [-0.1, -0.05) is 29.3 Å². The van der Waals surface area contributed by atoms with E-state index in [0.29, 0.717) is 33.4 Å². The second-order valence-electron chi connectivity index (χ2n) is 8.16. The summed E-state index contributed by atoms with van der Waals surface area (Å²) in [4.78, 5) is 25.0. The van der Waals surface area contributed by atoms with Crippen LogP contribution in [0.15, 0.2) is 18.2 Å². The Bertz CT molecular complexity index is 657. The van der Waals surface area contributed by atoms with Crippen LogP contribution in [0.25, 0.3) is 0 Å². The molecule has 0 aliphatic heterocycles. The van der Waals surface area contributed by atoms with Crippen molar-refractivity contribution in [2.75, 3.05) is 6.61 Å². The average Bonchev–Trinajstić information content (AvgIpc) is 2.55. The summed E-state index contributed by atoms with van der Waals surface area (Å²) >= 11 is 12.2. The molecule has 4 fully saturated rings. The molecule has 0 saturated heterocycles. The maximum Gasteiger partial charge on any atom is 0.310 e. The standard InChI is InChI=1S/C20H22Cl2O3/c21-16-2-1-3-17(22)15(16)7-19(24)25-11-18(23)20-8-12-4-13(9-20)6-14(5-12)10-20/h1-3,12-14H,4-11H2. The quantitative estimate of drug-likeness (QED) is 0.684. The monoisotopic (exact) mass is 380 g/mol. The lowest BCUT2D eigenvalue weighted by molar-refractivity contribution is -0.157. The Morgan fingerprint density at radius 1 is 1.00 bits per heavy atom. The molecule has 0 N–H and O–H groups in total. The topological polar surface area (TPSA) is 43.4 Å². The first kappa shape index (κ1) is 17.4. The molecule has 0 spiro atoms. The van der Waals surface area contributed by atoms with E-state index in [1.807, 2.05) is 0 Å². The van der Waals surface area contributed by atoms with Crippen LogP contribution in [0.1, 0.15) is 44.1 Å². The molecule has 0 aromatic heterocycles. The average molecular weight is 381 g/mol. The Hall–Kier alpha value is -1.06. The van der Waals surface area contributed by atoms with E-state index in [2.05, 4.69) is 0 Å². The van der Waals surface area contributed by atoms with E-state index in [9.17, 15) is 9.59 Å². The number of Topliss-reactive ketones (excluding diaryl/α,β-unsaturated/α-hetero) is 1. The summed E-state index contributed by atoms with van der Waals surface area (Å²) in [6, 6.07) is 5.11. The van der Waals surface area contributed by atoms with Crippen molar-refractivity contribution in [1.29, 1.82) is 0 Å². The molecule has 0 unspecified atom stereocenters. The van der Waals surface area contributed by atoms with Gasteiger partial charge in [0.25, 0.3) is 0 Å². The minimum atomic E-state index is -0.451. The highest BCUT2D eigenvalue weighted by Gasteiger charge is 2.54. The summed E-state index contributed by atoms with van der Waals surface area (Å²) in [5, 5.41) is 0.883. The number of esters is 1. The lowest BCUT2D eigenvalue weighted by atomic mass is 9.48. The van der Waals surface area contributed by atoms with Gasteiger partial charge in [-0.2, -0.15) is 0 Å². The zero-order valence-corrected chi connectivity index (χ0v) is 15.6. The molecule has 134 valence electrons. The van der Waals surface area contributed by atoms with Gasteiger partial charge in [0.05, 0.1) is 6.42 Å². The Labute approximate surface area is 158 Å². The Morgan fingerprint density at radius 2 is 1.52 bits per heavy atom. The van der Waals surface area contributed by atoms with Crippen molar-refractivity contribution >= 4 is 35.0 Å². The molecular weight excluding hydrogens is 359 g/mol. The van der Waals surface area contributed by atoms with Crippen LogP contribution in [-0.2, 0) is 20.7 Å². The highest BCUT2D eigenvalue weighted by atomic mass is 35.5. The van der Waals surface area contributed by atoms with Gasteiger partial charge in [-0.25, -0.2) is 0 Å². The van der Waals surface area contributed by atoms with E-state index < -0.39 is 5.97 Å². The van der Waals surface area contributed by atoms with Gasteiger partial charge in [-0.15, -0.1) is 0 Å². The first-order chi connectivity index (χ1) is 11.9. The zero-order valence-electron chi connectivity index (χ0n) is 14.1. The Balaban J connectivity index is 1.37.